The first-order chi connectivity index (χ1) is 10.6. The summed E-state index contributed by atoms with van der Waals surface area (Å²) in [5, 5.41) is 13.8. The molecule has 0 radical (unpaired) electrons. The lowest BCUT2D eigenvalue weighted by atomic mass is 10.1. The van der Waals surface area contributed by atoms with E-state index in [9.17, 15) is 13.7 Å². The molecule has 1 aliphatic rings. The third-order valence-corrected chi connectivity index (χ3v) is 3.93. The smallest absolute Gasteiger partial charge is 0.186 e. The molecule has 0 amide bonds. The molecule has 1 aromatic carbocycles. The molecule has 0 fully saturated rings. The van der Waals surface area contributed by atoms with Crippen LogP contribution in [0.25, 0.3) is 5.57 Å². The molecule has 2 rings (SSSR count). The first kappa shape index (κ1) is 16.1. The molecule has 0 atom stereocenters. The number of nitrogens with zero attached hydrogens (tertiary/aromatic N) is 2. The summed E-state index contributed by atoms with van der Waals surface area (Å²) in [4.78, 5) is 5.47. The number of ether oxygens (including phenoxy) is 1. The summed E-state index contributed by atoms with van der Waals surface area (Å²) in [6.45, 7) is 0. The maximum atomic E-state index is 10.5. The molecule has 1 aliphatic heterocycles. The number of benzene rings is 1. The van der Waals surface area contributed by atoms with Crippen molar-refractivity contribution in [2.75, 3.05) is 13.0 Å². The molecule has 0 spiro atoms. The number of hydrogen-bond donors (Lipinski definition) is 1. The van der Waals surface area contributed by atoms with Crippen LogP contribution >= 0.6 is 11.8 Å². The van der Waals surface area contributed by atoms with Gasteiger partial charge in [0, 0.05) is 4.91 Å². The highest BCUT2D eigenvalue weighted by Gasteiger charge is 2.15. The van der Waals surface area contributed by atoms with E-state index in [0.29, 0.717) is 21.9 Å². The van der Waals surface area contributed by atoms with E-state index in [1.54, 1.807) is 36.4 Å². The van der Waals surface area contributed by atoms with Crippen LogP contribution in [0.3, 0.4) is 0 Å². The van der Waals surface area contributed by atoms with Crippen molar-refractivity contribution in [3.8, 4) is 11.8 Å². The van der Waals surface area contributed by atoms with Gasteiger partial charge in [-0.2, -0.15) is 5.26 Å². The van der Waals surface area contributed by atoms with Gasteiger partial charge in [0.25, 0.3) is 0 Å². The van der Waals surface area contributed by atoms with E-state index in [2.05, 4.69) is 11.2 Å². The van der Waals surface area contributed by atoms with Crippen molar-refractivity contribution >= 4 is 33.1 Å². The number of allylic oxidation sites excluding steroid dienone is 2. The zero-order valence-electron chi connectivity index (χ0n) is 11.6. The van der Waals surface area contributed by atoms with Gasteiger partial charge >= 0.3 is 0 Å². The van der Waals surface area contributed by atoms with Gasteiger partial charge < -0.3 is 9.57 Å². The standard InChI is InChI=1S/C14H12N2O4S2/c1-19-16-14-7-6-13(21-14)12(8-15)10-2-4-11(5-3-10)20-9-22(17)18/h2-7,22H,9H2,1H3/b13-12+,16-14?. The van der Waals surface area contributed by atoms with E-state index in [1.807, 2.05) is 0 Å². The van der Waals surface area contributed by atoms with Crippen LogP contribution in [0.2, 0.25) is 0 Å². The van der Waals surface area contributed by atoms with Crippen molar-refractivity contribution in [1.82, 2.24) is 0 Å². The molecular formula is C14H12N2O4S2. The molecule has 0 aromatic heterocycles. The summed E-state index contributed by atoms with van der Waals surface area (Å²) >= 11 is 1.34. The molecule has 1 heterocycles. The van der Waals surface area contributed by atoms with Crippen molar-refractivity contribution in [2.45, 2.75) is 0 Å². The topological polar surface area (TPSA) is 88.8 Å². The van der Waals surface area contributed by atoms with Crippen molar-refractivity contribution in [2.24, 2.45) is 5.16 Å². The Kier molecular flexibility index (Phi) is 5.63. The molecule has 0 saturated carbocycles. The molecule has 0 N–H and O–H groups in total. The van der Waals surface area contributed by atoms with Crippen LogP contribution in [0.4, 0.5) is 0 Å². The summed E-state index contributed by atoms with van der Waals surface area (Å²) in [6, 6.07) is 8.83. The summed E-state index contributed by atoms with van der Waals surface area (Å²) < 4.78 is 26.0. The second-order valence-corrected chi connectivity index (χ2v) is 6.01. The minimum absolute atomic E-state index is 0.365. The lowest BCUT2D eigenvalue weighted by Crippen LogP contribution is -1.98. The van der Waals surface area contributed by atoms with Gasteiger partial charge in [0.2, 0.25) is 0 Å². The molecule has 1 aromatic rings. The first-order valence-corrected chi connectivity index (χ1v) is 8.28. The molecule has 0 aliphatic carbocycles. The van der Waals surface area contributed by atoms with Crippen LogP contribution in [0.1, 0.15) is 5.56 Å². The van der Waals surface area contributed by atoms with Gasteiger partial charge in [-0.05, 0) is 42.0 Å². The number of rotatable bonds is 5. The largest absolute Gasteiger partial charge is 0.478 e. The van der Waals surface area contributed by atoms with Crippen LogP contribution in [-0.2, 0) is 15.5 Å². The molecular weight excluding hydrogens is 324 g/mol. The fourth-order valence-corrected chi connectivity index (χ4v) is 2.84. The third kappa shape index (κ3) is 4.13. The summed E-state index contributed by atoms with van der Waals surface area (Å²) in [5.74, 6) is 0.0672. The second-order valence-electron chi connectivity index (χ2n) is 4.03. The van der Waals surface area contributed by atoms with Gasteiger partial charge in [-0.1, -0.05) is 16.9 Å². The van der Waals surface area contributed by atoms with Gasteiger partial charge in [0.15, 0.2) is 16.6 Å². The van der Waals surface area contributed by atoms with E-state index in [-0.39, 0.29) is 5.94 Å². The summed E-state index contributed by atoms with van der Waals surface area (Å²) in [5.41, 5.74) is 1.22. The zero-order valence-corrected chi connectivity index (χ0v) is 13.3. The van der Waals surface area contributed by atoms with Gasteiger partial charge in [0.05, 0.1) is 5.57 Å². The number of nitriles is 1. The van der Waals surface area contributed by atoms with Crippen LogP contribution in [0.5, 0.6) is 5.75 Å². The molecule has 8 heteroatoms. The van der Waals surface area contributed by atoms with Gasteiger partial charge in [-0.3, -0.25) is 0 Å². The number of thiol groups is 1. The predicted octanol–water partition coefficient (Wildman–Crippen LogP) is 2.13. The van der Waals surface area contributed by atoms with Crippen molar-refractivity contribution in [1.29, 1.82) is 5.26 Å². The Bertz CT molecular complexity index is 748. The fourth-order valence-electron chi connectivity index (χ4n) is 1.71. The van der Waals surface area contributed by atoms with E-state index in [1.165, 1.54) is 18.9 Å². The third-order valence-electron chi connectivity index (χ3n) is 2.61. The highest BCUT2D eigenvalue weighted by Crippen LogP contribution is 2.34. The van der Waals surface area contributed by atoms with Gasteiger partial charge in [-0.15, -0.1) is 0 Å². The van der Waals surface area contributed by atoms with Gasteiger partial charge in [-0.25, -0.2) is 8.42 Å². The summed E-state index contributed by atoms with van der Waals surface area (Å²) in [6.07, 6.45) is 3.57. The predicted molar refractivity (Wildman–Crippen MR) is 86.0 cm³/mol. The maximum absolute atomic E-state index is 10.5. The Morgan fingerprint density at radius 3 is 2.64 bits per heavy atom. The van der Waals surface area contributed by atoms with Crippen molar-refractivity contribution < 1.29 is 18.0 Å². The average molecular weight is 336 g/mol. The van der Waals surface area contributed by atoms with E-state index >= 15 is 0 Å². The minimum Gasteiger partial charge on any atom is -0.478 e. The Morgan fingerprint density at radius 1 is 1.32 bits per heavy atom. The Morgan fingerprint density at radius 2 is 2.05 bits per heavy atom. The highest BCUT2D eigenvalue weighted by atomic mass is 32.2. The lowest BCUT2D eigenvalue weighted by molar-refractivity contribution is 0.215. The molecule has 0 bridgehead atoms. The fraction of sp³-hybridized carbons (Fsp3) is 0.143. The van der Waals surface area contributed by atoms with E-state index in [0.717, 1.165) is 4.91 Å². The SMILES string of the molecule is CON=C1C=C/C(=C(/C#N)c2ccc(OC[SH](=O)=O)cc2)S1. The quantitative estimate of drug-likeness (QED) is 0.503. The molecule has 22 heavy (non-hydrogen) atoms. The molecule has 0 unspecified atom stereocenters. The Hall–Kier alpha value is -2.24. The number of oxime groups is 1. The Balaban J connectivity index is 2.21. The molecule has 6 nitrogen and oxygen atoms in total. The molecule has 114 valence electrons. The normalized spacial score (nSPS) is 17.6. The highest BCUT2D eigenvalue weighted by molar-refractivity contribution is 8.18. The van der Waals surface area contributed by atoms with Crippen LogP contribution in [0.15, 0.2) is 46.5 Å². The van der Waals surface area contributed by atoms with Gasteiger partial charge in [0.1, 0.15) is 24.0 Å². The molecule has 0 saturated heterocycles. The maximum Gasteiger partial charge on any atom is 0.186 e. The van der Waals surface area contributed by atoms with E-state index in [4.69, 9.17) is 9.57 Å². The van der Waals surface area contributed by atoms with Crippen LogP contribution in [-0.4, -0.2) is 26.5 Å². The monoisotopic (exact) mass is 336 g/mol. The van der Waals surface area contributed by atoms with Crippen LogP contribution < -0.4 is 4.74 Å². The number of hydrogen-bond acceptors (Lipinski definition) is 7. The number of thioether (sulfide) groups is 1. The summed E-state index contributed by atoms with van der Waals surface area (Å²) in [7, 11) is -1.12. The average Bonchev–Trinajstić information content (AvgIpc) is 2.96. The minimum atomic E-state index is -2.58. The van der Waals surface area contributed by atoms with Crippen LogP contribution in [0, 0.1) is 11.3 Å². The zero-order chi connectivity index (χ0) is 15.9. The second kappa shape index (κ2) is 7.68. The van der Waals surface area contributed by atoms with Crippen molar-refractivity contribution in [3.63, 3.8) is 0 Å². The lowest BCUT2D eigenvalue weighted by Gasteiger charge is -2.05. The Labute approximate surface area is 133 Å². The van der Waals surface area contributed by atoms with E-state index < -0.39 is 10.7 Å². The first-order valence-electron chi connectivity index (χ1n) is 6.10. The van der Waals surface area contributed by atoms with Crippen molar-refractivity contribution in [3.05, 3.63) is 46.9 Å².